The normalized spacial score (nSPS) is 11.9. The number of hydrogen-bond donors (Lipinski definition) is 0. The van der Waals surface area contributed by atoms with E-state index in [1.165, 1.54) is 52.3 Å². The summed E-state index contributed by atoms with van der Waals surface area (Å²) in [6.45, 7) is 0. The third-order valence-electron chi connectivity index (χ3n) is 12.8. The fourth-order valence-corrected chi connectivity index (χ4v) is 13.7. The van der Waals surface area contributed by atoms with Gasteiger partial charge in [-0.2, -0.15) is 0 Å². The van der Waals surface area contributed by atoms with E-state index in [1.54, 1.807) is 0 Å². The van der Waals surface area contributed by atoms with E-state index in [4.69, 9.17) is 4.42 Å². The van der Waals surface area contributed by atoms with Crippen LogP contribution in [-0.4, -0.2) is 0 Å². The van der Waals surface area contributed by atoms with Crippen molar-refractivity contribution in [1.29, 1.82) is 0 Å². The highest BCUT2D eigenvalue weighted by Gasteiger charge is 2.33. The Balaban J connectivity index is 1.06. The van der Waals surface area contributed by atoms with Gasteiger partial charge in [-0.15, -0.1) is 10.0 Å². The van der Waals surface area contributed by atoms with Gasteiger partial charge in [-0.3, -0.25) is 0 Å². The first-order valence-electron chi connectivity index (χ1n) is 22.2. The summed E-state index contributed by atoms with van der Waals surface area (Å²) in [6.07, 6.45) is 0. The molecule has 0 unspecified atom stereocenters. The lowest BCUT2D eigenvalue weighted by Gasteiger charge is -2.42. The van der Waals surface area contributed by atoms with Gasteiger partial charge in [0, 0.05) is 47.3 Å². The zero-order valence-corrected chi connectivity index (χ0v) is 36.4. The van der Waals surface area contributed by atoms with Gasteiger partial charge in [-0.1, -0.05) is 176 Å². The number of para-hydroxylation sites is 2. The molecule has 0 fully saturated rings. The van der Waals surface area contributed by atoms with Crippen LogP contribution in [0.1, 0.15) is 0 Å². The Morgan fingerprint density at radius 3 is 1.35 bits per heavy atom. The second-order valence-electron chi connectivity index (χ2n) is 16.4. The molecule has 3 heteroatoms. The number of nitrogens with zero attached hydrogens (tertiary/aromatic N) is 1. The lowest BCUT2D eigenvalue weighted by atomic mass is 9.93. The van der Waals surface area contributed by atoms with Crippen molar-refractivity contribution >= 4 is 70.6 Å². The number of benzene rings is 11. The zero-order chi connectivity index (χ0) is 43.2. The molecule has 0 N–H and O–H groups in total. The summed E-state index contributed by atoms with van der Waals surface area (Å²) in [6, 6.07) is 94.8. The highest BCUT2D eigenvalue weighted by Crippen LogP contribution is 2.73. The summed E-state index contributed by atoms with van der Waals surface area (Å²) < 4.78 is 7.09. The summed E-state index contributed by atoms with van der Waals surface area (Å²) in [7, 11) is -1.87. The van der Waals surface area contributed by atoms with Crippen molar-refractivity contribution in [3.8, 4) is 22.3 Å². The number of anilines is 3. The van der Waals surface area contributed by atoms with E-state index in [-0.39, 0.29) is 0 Å². The predicted octanol–water partition coefficient (Wildman–Crippen LogP) is 18.0. The highest BCUT2D eigenvalue weighted by atomic mass is 32.3. The Kier molecular flexibility index (Phi) is 9.62. The van der Waals surface area contributed by atoms with Crippen LogP contribution in [0.15, 0.2) is 285 Å². The molecule has 65 heavy (non-hydrogen) atoms. The topological polar surface area (TPSA) is 16.4 Å². The van der Waals surface area contributed by atoms with Crippen molar-refractivity contribution in [3.63, 3.8) is 0 Å². The Labute approximate surface area is 380 Å². The molecule has 12 aromatic rings. The second kappa shape index (κ2) is 16.2. The number of rotatable bonds is 9. The lowest BCUT2D eigenvalue weighted by molar-refractivity contribution is 0.670. The minimum absolute atomic E-state index is 0.845. The molecular weight excluding hydrogens is 807 g/mol. The first kappa shape index (κ1) is 38.6. The van der Waals surface area contributed by atoms with Gasteiger partial charge in [0.15, 0.2) is 5.58 Å². The molecule has 0 saturated carbocycles. The third-order valence-corrected chi connectivity index (χ3v) is 16.7. The molecule has 0 saturated heterocycles. The molecule has 308 valence electrons. The van der Waals surface area contributed by atoms with Crippen LogP contribution < -0.4 is 4.90 Å². The number of fused-ring (bicyclic) bond motifs is 6. The molecule has 1 heterocycles. The van der Waals surface area contributed by atoms with E-state index in [1.807, 2.05) is 0 Å². The zero-order valence-electron chi connectivity index (χ0n) is 35.6. The Morgan fingerprint density at radius 2 is 0.738 bits per heavy atom. The van der Waals surface area contributed by atoms with Crippen molar-refractivity contribution in [1.82, 2.24) is 0 Å². The quantitative estimate of drug-likeness (QED) is 0.135. The van der Waals surface area contributed by atoms with Crippen LogP contribution in [0.25, 0.3) is 65.7 Å². The molecule has 2 nitrogen and oxygen atoms in total. The summed E-state index contributed by atoms with van der Waals surface area (Å²) in [5.74, 6) is 0. The minimum Gasteiger partial charge on any atom is -0.453 e. The second-order valence-corrected chi connectivity index (χ2v) is 19.5. The molecular formula is C62H43NOS. The first-order chi connectivity index (χ1) is 32.3. The maximum atomic E-state index is 7.09. The molecule has 11 aromatic carbocycles. The van der Waals surface area contributed by atoms with Crippen molar-refractivity contribution in [2.24, 2.45) is 0 Å². The van der Waals surface area contributed by atoms with E-state index in [9.17, 15) is 0 Å². The fraction of sp³-hybridized carbons (Fsp3) is 0. The van der Waals surface area contributed by atoms with E-state index >= 15 is 0 Å². The maximum absolute atomic E-state index is 7.09. The smallest absolute Gasteiger partial charge is 0.159 e. The third kappa shape index (κ3) is 6.51. The van der Waals surface area contributed by atoms with Gasteiger partial charge in [0.1, 0.15) is 5.58 Å². The van der Waals surface area contributed by atoms with Crippen LogP contribution in [0.4, 0.5) is 17.1 Å². The van der Waals surface area contributed by atoms with Gasteiger partial charge in [-0.05, 0) is 123 Å². The lowest BCUT2D eigenvalue weighted by Crippen LogP contribution is -2.11. The molecule has 12 rings (SSSR count). The Bertz CT molecular complexity index is 3530. The van der Waals surface area contributed by atoms with Gasteiger partial charge < -0.3 is 9.32 Å². The molecule has 0 spiro atoms. The van der Waals surface area contributed by atoms with Gasteiger partial charge in [0.25, 0.3) is 0 Å². The van der Waals surface area contributed by atoms with Crippen LogP contribution in [0.2, 0.25) is 0 Å². The Hall–Kier alpha value is -8.11. The van der Waals surface area contributed by atoms with Gasteiger partial charge >= 0.3 is 0 Å². The summed E-state index contributed by atoms with van der Waals surface area (Å²) >= 11 is 0. The summed E-state index contributed by atoms with van der Waals surface area (Å²) in [4.78, 5) is 7.50. The standard InChI is InChI=1S/C62H43NOS/c1-5-19-44(20-6-1)54-31-17-32-57-58-33-18-34-60(62(58)64-61(54)57)63(47-37-35-45(36-38-47)59-43-46-21-13-14-28-53(46)55-29-15-16-30-56(55)59)48-39-41-52(42-40-48)65(49-22-7-2-8-23-49,50-24-9-3-10-25-50)51-26-11-4-12-27-51/h1-43H. The van der Waals surface area contributed by atoms with Crippen molar-refractivity contribution in [3.05, 3.63) is 261 Å². The molecule has 0 aliphatic rings. The number of furan rings is 1. The average molecular weight is 850 g/mol. The van der Waals surface area contributed by atoms with Crippen LogP contribution in [0.3, 0.4) is 0 Å². The SMILES string of the molecule is c1ccc(-c2cccc3c2oc2c(N(c4ccc(-c5cc6ccccc6c6ccccc56)cc4)c4ccc(S(c5ccccc5)(c5ccccc5)c5ccccc5)cc4)cccc23)cc1. The molecule has 0 aliphatic carbocycles. The van der Waals surface area contributed by atoms with Crippen LogP contribution in [0.5, 0.6) is 0 Å². The fourth-order valence-electron chi connectivity index (χ4n) is 9.83. The first-order valence-corrected chi connectivity index (χ1v) is 23.8. The maximum Gasteiger partial charge on any atom is 0.159 e. The van der Waals surface area contributed by atoms with Crippen molar-refractivity contribution < 1.29 is 4.42 Å². The Morgan fingerprint density at radius 1 is 0.292 bits per heavy atom. The molecule has 1 aromatic heterocycles. The predicted molar refractivity (Wildman–Crippen MR) is 274 cm³/mol. The molecule has 0 bridgehead atoms. The van der Waals surface area contributed by atoms with Crippen molar-refractivity contribution in [2.75, 3.05) is 4.90 Å². The van der Waals surface area contributed by atoms with E-state index in [0.717, 1.165) is 50.1 Å². The van der Waals surface area contributed by atoms with Crippen LogP contribution >= 0.6 is 10.0 Å². The highest BCUT2D eigenvalue weighted by molar-refractivity contribution is 8.34. The molecule has 0 atom stereocenters. The summed E-state index contributed by atoms with van der Waals surface area (Å²) in [5.41, 5.74) is 9.38. The largest absolute Gasteiger partial charge is 0.453 e. The average Bonchev–Trinajstić information content (AvgIpc) is 3.78. The van der Waals surface area contributed by atoms with Gasteiger partial charge in [0.2, 0.25) is 0 Å². The van der Waals surface area contributed by atoms with E-state index in [0.29, 0.717) is 0 Å². The number of hydrogen-bond acceptors (Lipinski definition) is 2. The van der Waals surface area contributed by atoms with Crippen LogP contribution in [-0.2, 0) is 0 Å². The monoisotopic (exact) mass is 849 g/mol. The van der Waals surface area contributed by atoms with Gasteiger partial charge in [-0.25, -0.2) is 0 Å². The van der Waals surface area contributed by atoms with Crippen LogP contribution in [0, 0.1) is 0 Å². The summed E-state index contributed by atoms with van der Waals surface area (Å²) in [5, 5.41) is 7.19. The van der Waals surface area contributed by atoms with Crippen molar-refractivity contribution in [2.45, 2.75) is 19.6 Å². The molecule has 0 aliphatic heterocycles. The minimum atomic E-state index is -1.87. The molecule has 0 amide bonds. The van der Waals surface area contributed by atoms with Gasteiger partial charge in [0.05, 0.1) is 5.69 Å². The van der Waals surface area contributed by atoms with E-state index in [2.05, 4.69) is 266 Å². The molecule has 0 radical (unpaired) electrons. The van der Waals surface area contributed by atoms with E-state index < -0.39 is 10.0 Å².